The van der Waals surface area contributed by atoms with Crippen molar-refractivity contribution in [2.24, 2.45) is 0 Å². The molecule has 2 aromatic rings. The Morgan fingerprint density at radius 2 is 1.79 bits per heavy atom. The molecule has 1 saturated heterocycles. The fraction of sp³-hybridized carbons (Fsp3) is 0.381. The highest BCUT2D eigenvalue weighted by Gasteiger charge is 2.44. The van der Waals surface area contributed by atoms with Gasteiger partial charge in [-0.3, -0.25) is 4.79 Å². The van der Waals surface area contributed by atoms with E-state index >= 15 is 0 Å². The van der Waals surface area contributed by atoms with Crippen LogP contribution in [0.2, 0.25) is 0 Å². The van der Waals surface area contributed by atoms with E-state index < -0.39 is 21.3 Å². The molecule has 0 aromatic heterocycles. The number of aryl methyl sites for hydroxylation is 1. The number of nitrogens with one attached hydrogen (secondary N) is 1. The number of carbonyl (C=O) groups is 1. The van der Waals surface area contributed by atoms with E-state index in [-0.39, 0.29) is 30.4 Å². The van der Waals surface area contributed by atoms with Crippen molar-refractivity contribution in [1.82, 2.24) is 4.31 Å². The molecular formula is C21H25FN2O3S. The number of benzene rings is 2. The normalized spacial score (nSPS) is 17.2. The maximum absolute atomic E-state index is 14.3. The molecule has 7 heteroatoms. The van der Waals surface area contributed by atoms with Crippen LogP contribution in [0.15, 0.2) is 48.5 Å². The Morgan fingerprint density at radius 3 is 2.36 bits per heavy atom. The predicted molar refractivity (Wildman–Crippen MR) is 108 cm³/mol. The second kappa shape index (κ2) is 8.01. The van der Waals surface area contributed by atoms with Gasteiger partial charge in [0.05, 0.1) is 16.9 Å². The summed E-state index contributed by atoms with van der Waals surface area (Å²) in [5.41, 5.74) is 0.813. The number of halogens is 1. The minimum Gasteiger partial charge on any atom is -0.323 e. The third-order valence-corrected chi connectivity index (χ3v) is 7.35. The van der Waals surface area contributed by atoms with Crippen molar-refractivity contribution in [3.8, 4) is 0 Å². The van der Waals surface area contributed by atoms with Crippen molar-refractivity contribution in [1.29, 1.82) is 0 Å². The van der Waals surface area contributed by atoms with Crippen LogP contribution in [0.5, 0.6) is 0 Å². The smallest absolute Gasteiger partial charge is 0.235 e. The van der Waals surface area contributed by atoms with Gasteiger partial charge in [-0.1, -0.05) is 36.4 Å². The minimum atomic E-state index is -3.31. The lowest BCUT2D eigenvalue weighted by Crippen LogP contribution is -2.51. The van der Waals surface area contributed by atoms with Gasteiger partial charge in [0.25, 0.3) is 0 Å². The average molecular weight is 405 g/mol. The summed E-state index contributed by atoms with van der Waals surface area (Å²) in [6.45, 7) is 3.91. The Hall–Kier alpha value is -2.25. The number of hydrogen-bond acceptors (Lipinski definition) is 3. The molecule has 0 saturated carbocycles. The molecule has 1 aliphatic heterocycles. The lowest BCUT2D eigenvalue weighted by atomic mass is 9.72. The zero-order valence-electron chi connectivity index (χ0n) is 16.1. The van der Waals surface area contributed by atoms with Gasteiger partial charge in [-0.25, -0.2) is 17.1 Å². The summed E-state index contributed by atoms with van der Waals surface area (Å²) in [5, 5.41) is 2.73. The van der Waals surface area contributed by atoms with Crippen LogP contribution in [0, 0.1) is 12.7 Å². The Kier molecular flexibility index (Phi) is 5.86. The number of amides is 1. The van der Waals surface area contributed by atoms with Gasteiger partial charge in [-0.05, 0) is 49.9 Å². The lowest BCUT2D eigenvalue weighted by Gasteiger charge is -2.40. The van der Waals surface area contributed by atoms with Gasteiger partial charge in [0.15, 0.2) is 0 Å². The molecule has 1 N–H and O–H groups in total. The van der Waals surface area contributed by atoms with Crippen LogP contribution in [0.4, 0.5) is 10.1 Å². The summed E-state index contributed by atoms with van der Waals surface area (Å²) in [6, 6.07) is 14.0. The van der Waals surface area contributed by atoms with Crippen molar-refractivity contribution in [2.45, 2.75) is 32.1 Å². The summed E-state index contributed by atoms with van der Waals surface area (Å²) in [4.78, 5) is 13.3. The van der Waals surface area contributed by atoms with Crippen molar-refractivity contribution in [3.63, 3.8) is 0 Å². The zero-order chi connectivity index (χ0) is 20.4. The standard InChI is InChI=1S/C21H25FN2O3S/c1-3-28(26,27)24-13-11-21(12-14-24,17-7-5-4-6-8-17)20(25)23-19-10-9-16(2)15-18(19)22/h4-10,15H,3,11-14H2,1-2H3,(H,23,25). The van der Waals surface area contributed by atoms with Gasteiger partial charge in [0.2, 0.25) is 15.9 Å². The number of carbonyl (C=O) groups excluding carboxylic acids is 1. The van der Waals surface area contributed by atoms with Crippen molar-refractivity contribution in [3.05, 3.63) is 65.5 Å². The Labute approximate surface area is 165 Å². The molecule has 2 aromatic carbocycles. The van der Waals surface area contributed by atoms with E-state index in [1.807, 2.05) is 30.3 Å². The summed E-state index contributed by atoms with van der Waals surface area (Å²) in [5.74, 6) is -0.760. The molecule has 0 atom stereocenters. The number of piperidine rings is 1. The highest BCUT2D eigenvalue weighted by Crippen LogP contribution is 2.38. The Bertz CT molecular complexity index is 953. The van der Waals surface area contributed by atoms with Gasteiger partial charge in [-0.2, -0.15) is 0 Å². The van der Waals surface area contributed by atoms with Gasteiger partial charge in [-0.15, -0.1) is 0 Å². The minimum absolute atomic E-state index is 0.0338. The van der Waals surface area contributed by atoms with E-state index in [1.165, 1.54) is 10.4 Å². The molecular weight excluding hydrogens is 379 g/mol. The molecule has 28 heavy (non-hydrogen) atoms. The van der Waals surface area contributed by atoms with Gasteiger partial charge >= 0.3 is 0 Å². The second-order valence-corrected chi connectivity index (χ2v) is 9.44. The quantitative estimate of drug-likeness (QED) is 0.830. The summed E-state index contributed by atoms with van der Waals surface area (Å²) < 4.78 is 40.1. The van der Waals surface area contributed by atoms with E-state index in [0.717, 1.165) is 11.1 Å². The van der Waals surface area contributed by atoms with E-state index in [9.17, 15) is 17.6 Å². The van der Waals surface area contributed by atoms with Crippen LogP contribution < -0.4 is 5.32 Å². The van der Waals surface area contributed by atoms with E-state index in [2.05, 4.69) is 5.32 Å². The van der Waals surface area contributed by atoms with E-state index in [0.29, 0.717) is 12.8 Å². The van der Waals surface area contributed by atoms with Crippen LogP contribution >= 0.6 is 0 Å². The molecule has 1 fully saturated rings. The largest absolute Gasteiger partial charge is 0.323 e. The summed E-state index contributed by atoms with van der Waals surface area (Å²) in [7, 11) is -3.31. The number of hydrogen-bond donors (Lipinski definition) is 1. The Balaban J connectivity index is 1.91. The SMILES string of the molecule is CCS(=O)(=O)N1CCC(C(=O)Nc2ccc(C)cc2F)(c2ccccc2)CC1. The molecule has 0 bridgehead atoms. The zero-order valence-corrected chi connectivity index (χ0v) is 16.9. The lowest BCUT2D eigenvalue weighted by molar-refractivity contribution is -0.123. The van der Waals surface area contributed by atoms with Crippen molar-refractivity contribution >= 4 is 21.6 Å². The monoisotopic (exact) mass is 404 g/mol. The highest BCUT2D eigenvalue weighted by molar-refractivity contribution is 7.89. The predicted octanol–water partition coefficient (Wildman–Crippen LogP) is 3.46. The van der Waals surface area contributed by atoms with Crippen molar-refractivity contribution < 1.29 is 17.6 Å². The third kappa shape index (κ3) is 3.95. The molecule has 5 nitrogen and oxygen atoms in total. The topological polar surface area (TPSA) is 66.5 Å². The number of anilines is 1. The maximum atomic E-state index is 14.3. The highest BCUT2D eigenvalue weighted by atomic mass is 32.2. The molecule has 1 amide bonds. The maximum Gasteiger partial charge on any atom is 0.235 e. The molecule has 0 spiro atoms. The molecule has 1 aliphatic rings. The van der Waals surface area contributed by atoms with Crippen molar-refractivity contribution in [2.75, 3.05) is 24.2 Å². The van der Waals surface area contributed by atoms with Gasteiger partial charge < -0.3 is 5.32 Å². The number of sulfonamides is 1. The third-order valence-electron chi connectivity index (χ3n) is 5.47. The van der Waals surface area contributed by atoms with Crippen LogP contribution in [-0.2, 0) is 20.2 Å². The first-order valence-electron chi connectivity index (χ1n) is 9.39. The van der Waals surface area contributed by atoms with Gasteiger partial charge in [0, 0.05) is 13.1 Å². The molecule has 0 unspecified atom stereocenters. The molecule has 3 rings (SSSR count). The fourth-order valence-electron chi connectivity index (χ4n) is 3.70. The van der Waals surface area contributed by atoms with Crippen LogP contribution in [0.1, 0.15) is 30.9 Å². The molecule has 1 heterocycles. The molecule has 0 aliphatic carbocycles. The second-order valence-electron chi connectivity index (χ2n) is 7.19. The molecule has 150 valence electrons. The van der Waals surface area contributed by atoms with Crippen LogP contribution in [0.3, 0.4) is 0 Å². The summed E-state index contributed by atoms with van der Waals surface area (Å²) >= 11 is 0. The number of rotatable bonds is 5. The van der Waals surface area contributed by atoms with E-state index in [4.69, 9.17) is 0 Å². The number of nitrogens with zero attached hydrogens (tertiary/aromatic N) is 1. The summed E-state index contributed by atoms with van der Waals surface area (Å²) in [6.07, 6.45) is 0.686. The Morgan fingerprint density at radius 1 is 1.14 bits per heavy atom. The first-order valence-corrected chi connectivity index (χ1v) is 11.0. The molecule has 0 radical (unpaired) electrons. The average Bonchev–Trinajstić information content (AvgIpc) is 2.70. The van der Waals surface area contributed by atoms with E-state index in [1.54, 1.807) is 26.0 Å². The first kappa shape index (κ1) is 20.5. The van der Waals surface area contributed by atoms with Crippen LogP contribution in [0.25, 0.3) is 0 Å². The first-order chi connectivity index (χ1) is 13.3. The van der Waals surface area contributed by atoms with Crippen LogP contribution in [-0.4, -0.2) is 37.5 Å². The van der Waals surface area contributed by atoms with Gasteiger partial charge in [0.1, 0.15) is 5.82 Å². The fourth-order valence-corrected chi connectivity index (χ4v) is 4.80.